The van der Waals surface area contributed by atoms with Crippen molar-refractivity contribution >= 4 is 33.7 Å². The van der Waals surface area contributed by atoms with Crippen LogP contribution in [0.1, 0.15) is 11.6 Å². The number of nitrogens with zero attached hydrogens (tertiary/aromatic N) is 2. The summed E-state index contributed by atoms with van der Waals surface area (Å²) in [5.74, 6) is 1.76. The lowest BCUT2D eigenvalue weighted by Crippen LogP contribution is -1.84. The number of nitriles is 1. The Kier molecular flexibility index (Phi) is 3.29. The Morgan fingerprint density at radius 3 is 2.92 bits per heavy atom. The zero-order chi connectivity index (χ0) is 16.5. The number of methoxy groups -OCH3 is 1. The molecule has 0 spiro atoms. The van der Waals surface area contributed by atoms with Crippen LogP contribution in [0.25, 0.3) is 33.7 Å². The van der Waals surface area contributed by atoms with E-state index in [1.807, 2.05) is 48.5 Å². The number of nitrogens with one attached hydrogen (secondary N) is 1. The molecule has 0 bridgehead atoms. The monoisotopic (exact) mass is 315 g/mol. The van der Waals surface area contributed by atoms with Crippen LogP contribution in [0.2, 0.25) is 0 Å². The summed E-state index contributed by atoms with van der Waals surface area (Å²) >= 11 is 0. The molecular weight excluding hydrogens is 302 g/mol. The minimum atomic E-state index is 0.407. The largest absolute Gasteiger partial charge is 0.493 e. The molecule has 0 saturated carbocycles. The topological polar surface area (TPSA) is 74.8 Å². The van der Waals surface area contributed by atoms with Crippen molar-refractivity contribution in [3.63, 3.8) is 0 Å². The van der Waals surface area contributed by atoms with Crippen molar-refractivity contribution in [1.29, 1.82) is 5.26 Å². The number of H-pyrrole nitrogens is 1. The molecule has 4 rings (SSSR count). The molecule has 0 atom stereocenters. The van der Waals surface area contributed by atoms with Crippen molar-refractivity contribution in [3.05, 3.63) is 60.1 Å². The summed E-state index contributed by atoms with van der Waals surface area (Å²) in [4.78, 5) is 7.61. The maximum Gasteiger partial charge on any atom is 0.176 e. The summed E-state index contributed by atoms with van der Waals surface area (Å²) in [7, 11) is 1.60. The Bertz CT molecular complexity index is 1080. The van der Waals surface area contributed by atoms with E-state index in [1.54, 1.807) is 13.2 Å². The first-order chi connectivity index (χ1) is 11.8. The van der Waals surface area contributed by atoms with Gasteiger partial charge in [0.2, 0.25) is 0 Å². The third kappa shape index (κ3) is 2.31. The van der Waals surface area contributed by atoms with Crippen molar-refractivity contribution < 1.29 is 9.15 Å². The van der Waals surface area contributed by atoms with Gasteiger partial charge in [0.05, 0.1) is 23.7 Å². The molecule has 0 fully saturated rings. The van der Waals surface area contributed by atoms with Gasteiger partial charge in [-0.2, -0.15) is 5.26 Å². The molecule has 0 aliphatic carbocycles. The van der Waals surface area contributed by atoms with Crippen LogP contribution >= 0.6 is 0 Å². The highest BCUT2D eigenvalue weighted by atomic mass is 16.5. The first kappa shape index (κ1) is 14.1. The molecule has 5 nitrogen and oxygen atoms in total. The van der Waals surface area contributed by atoms with E-state index in [9.17, 15) is 5.26 Å². The Balaban J connectivity index is 1.81. The molecule has 0 saturated heterocycles. The predicted molar refractivity (Wildman–Crippen MR) is 92.3 cm³/mol. The van der Waals surface area contributed by atoms with Crippen molar-refractivity contribution in [1.82, 2.24) is 9.97 Å². The predicted octanol–water partition coefficient (Wildman–Crippen LogP) is 4.38. The number of fused-ring (bicyclic) bond motifs is 2. The molecule has 2 aromatic heterocycles. The molecule has 24 heavy (non-hydrogen) atoms. The highest BCUT2D eigenvalue weighted by Gasteiger charge is 2.11. The average molecular weight is 315 g/mol. The number of hydrogen-bond donors (Lipinski definition) is 1. The van der Waals surface area contributed by atoms with E-state index in [0.717, 1.165) is 16.4 Å². The Morgan fingerprint density at radius 1 is 1.25 bits per heavy atom. The van der Waals surface area contributed by atoms with Crippen LogP contribution in [-0.4, -0.2) is 17.1 Å². The quantitative estimate of drug-likeness (QED) is 0.569. The number of furan rings is 1. The van der Waals surface area contributed by atoms with E-state index in [4.69, 9.17) is 9.15 Å². The Hall–Kier alpha value is -3.52. The smallest absolute Gasteiger partial charge is 0.176 e. The van der Waals surface area contributed by atoms with Gasteiger partial charge in [0.25, 0.3) is 0 Å². The molecule has 0 aliphatic rings. The number of rotatable bonds is 3. The van der Waals surface area contributed by atoms with Gasteiger partial charge in [0.15, 0.2) is 11.3 Å². The van der Waals surface area contributed by atoms with Crippen molar-refractivity contribution in [2.24, 2.45) is 0 Å². The second kappa shape index (κ2) is 5.60. The molecule has 4 aromatic rings. The lowest BCUT2D eigenvalue weighted by Gasteiger charge is -1.98. The zero-order valence-electron chi connectivity index (χ0n) is 12.9. The number of allylic oxidation sites excluding steroid dienone is 1. The third-order valence-corrected chi connectivity index (χ3v) is 3.80. The number of aromatic nitrogens is 2. The highest BCUT2D eigenvalue weighted by Crippen LogP contribution is 2.30. The minimum Gasteiger partial charge on any atom is -0.493 e. The van der Waals surface area contributed by atoms with E-state index in [1.165, 1.54) is 0 Å². The number of para-hydroxylation sites is 3. The van der Waals surface area contributed by atoms with Crippen LogP contribution in [0, 0.1) is 11.3 Å². The summed E-state index contributed by atoms with van der Waals surface area (Å²) in [5, 5.41) is 10.4. The molecule has 2 aromatic carbocycles. The summed E-state index contributed by atoms with van der Waals surface area (Å²) in [6.45, 7) is 0. The zero-order valence-corrected chi connectivity index (χ0v) is 12.9. The average Bonchev–Trinajstić information content (AvgIpc) is 3.22. The van der Waals surface area contributed by atoms with Crippen molar-refractivity contribution in [3.8, 4) is 11.8 Å². The second-order valence-corrected chi connectivity index (χ2v) is 5.30. The van der Waals surface area contributed by atoms with Gasteiger partial charge in [-0.25, -0.2) is 4.98 Å². The van der Waals surface area contributed by atoms with Gasteiger partial charge >= 0.3 is 0 Å². The third-order valence-electron chi connectivity index (χ3n) is 3.80. The van der Waals surface area contributed by atoms with Crippen molar-refractivity contribution in [2.75, 3.05) is 7.11 Å². The molecule has 0 radical (unpaired) electrons. The lowest BCUT2D eigenvalue weighted by molar-refractivity contribution is 0.410. The minimum absolute atomic E-state index is 0.407. The van der Waals surface area contributed by atoms with Gasteiger partial charge in [-0.05, 0) is 24.3 Å². The van der Waals surface area contributed by atoms with Crippen LogP contribution in [0.3, 0.4) is 0 Å². The highest BCUT2D eigenvalue weighted by molar-refractivity contribution is 5.92. The van der Waals surface area contributed by atoms with Gasteiger partial charge in [-0.1, -0.05) is 24.3 Å². The SMILES string of the molecule is COc1cccc2cc(/C=C(/C#N)c3nc4ccccc4[nH]3)oc12. The fraction of sp³-hybridized carbons (Fsp3) is 0.0526. The van der Waals surface area contributed by atoms with E-state index < -0.39 is 0 Å². The van der Waals surface area contributed by atoms with Gasteiger partial charge in [-0.15, -0.1) is 0 Å². The Morgan fingerprint density at radius 2 is 2.12 bits per heavy atom. The fourth-order valence-electron chi connectivity index (χ4n) is 2.66. The summed E-state index contributed by atoms with van der Waals surface area (Å²) < 4.78 is 11.1. The van der Waals surface area contributed by atoms with E-state index in [-0.39, 0.29) is 0 Å². The first-order valence-electron chi connectivity index (χ1n) is 7.42. The van der Waals surface area contributed by atoms with Crippen LogP contribution in [0.4, 0.5) is 0 Å². The lowest BCUT2D eigenvalue weighted by atomic mass is 10.2. The number of hydrogen-bond acceptors (Lipinski definition) is 4. The van der Waals surface area contributed by atoms with Crippen LogP contribution in [0.15, 0.2) is 52.9 Å². The molecule has 0 amide bonds. The number of imidazole rings is 1. The van der Waals surface area contributed by atoms with Crippen LogP contribution in [-0.2, 0) is 0 Å². The maximum absolute atomic E-state index is 9.50. The standard InChI is InChI=1S/C19H13N3O2/c1-23-17-8-4-5-12-9-14(24-18(12)17)10-13(11-20)19-21-15-6-2-3-7-16(15)22-19/h2-10H,1H3,(H,21,22)/b13-10-. The number of benzene rings is 2. The molecule has 1 N–H and O–H groups in total. The Labute approximate surface area is 137 Å². The molecule has 5 heteroatoms. The number of ether oxygens (including phenoxy) is 1. The van der Waals surface area contributed by atoms with Crippen molar-refractivity contribution in [2.45, 2.75) is 0 Å². The first-order valence-corrected chi connectivity index (χ1v) is 7.42. The summed E-state index contributed by atoms with van der Waals surface area (Å²) in [6.07, 6.45) is 1.68. The van der Waals surface area contributed by atoms with Crippen LogP contribution in [0.5, 0.6) is 5.75 Å². The van der Waals surface area contributed by atoms with E-state index in [2.05, 4.69) is 16.0 Å². The van der Waals surface area contributed by atoms with Gasteiger partial charge in [0.1, 0.15) is 17.7 Å². The van der Waals surface area contributed by atoms with Gasteiger partial charge < -0.3 is 14.1 Å². The van der Waals surface area contributed by atoms with E-state index in [0.29, 0.717) is 28.5 Å². The maximum atomic E-state index is 9.50. The molecule has 0 aliphatic heterocycles. The molecule has 0 unspecified atom stereocenters. The fourth-order valence-corrected chi connectivity index (χ4v) is 2.66. The summed E-state index contributed by atoms with van der Waals surface area (Å²) in [6, 6.07) is 17.4. The number of aromatic amines is 1. The van der Waals surface area contributed by atoms with Gasteiger partial charge in [-0.3, -0.25) is 0 Å². The molecule has 2 heterocycles. The molecule has 116 valence electrons. The molecular formula is C19H13N3O2. The van der Waals surface area contributed by atoms with Gasteiger partial charge in [0, 0.05) is 11.5 Å². The normalized spacial score (nSPS) is 11.8. The summed E-state index contributed by atoms with van der Waals surface area (Å²) in [5.41, 5.74) is 2.78. The van der Waals surface area contributed by atoms with E-state index >= 15 is 0 Å². The second-order valence-electron chi connectivity index (χ2n) is 5.30. The van der Waals surface area contributed by atoms with Crippen LogP contribution < -0.4 is 4.74 Å².